The van der Waals surface area contributed by atoms with Crippen LogP contribution in [0.1, 0.15) is 29.2 Å². The van der Waals surface area contributed by atoms with Gasteiger partial charge in [0.15, 0.2) is 11.5 Å². The molecule has 2 aromatic carbocycles. The van der Waals surface area contributed by atoms with Gasteiger partial charge in [-0.25, -0.2) is 0 Å². The van der Waals surface area contributed by atoms with Crippen LogP contribution in [0.5, 0.6) is 11.5 Å². The lowest BCUT2D eigenvalue weighted by Gasteiger charge is -2.41. The largest absolute Gasteiger partial charge is 0.504 e. The van der Waals surface area contributed by atoms with Gasteiger partial charge in [-0.3, -0.25) is 9.29 Å². The van der Waals surface area contributed by atoms with E-state index in [9.17, 15) is 14.6 Å². The van der Waals surface area contributed by atoms with E-state index in [4.69, 9.17) is 0 Å². The minimum atomic E-state index is -0.289. The van der Waals surface area contributed by atoms with Gasteiger partial charge in [-0.2, -0.15) is 0 Å². The number of nitrogens with zero attached hydrogens (tertiary/aromatic N) is 1. The molecular weight excluding hydrogens is 293 g/mol. The van der Waals surface area contributed by atoms with E-state index in [0.717, 1.165) is 42.6 Å². The highest BCUT2D eigenvalue weighted by atomic mass is 19.1. The molecule has 23 heavy (non-hydrogen) atoms. The standard InChI is InChI=1S/C19H20FNO2/c20-8-2-9-21-10-7-12-3-1-4-14-17(12)15(21)11-13-5-6-16(22)19(23)18(13)14/h1,3-6,15,22-23H,2,7-11H2. The molecule has 0 amide bonds. The molecule has 4 rings (SSSR count). The van der Waals surface area contributed by atoms with Crippen molar-refractivity contribution in [3.63, 3.8) is 0 Å². The monoisotopic (exact) mass is 313 g/mol. The Hall–Kier alpha value is -2.07. The Labute approximate surface area is 135 Å². The van der Waals surface area contributed by atoms with Gasteiger partial charge < -0.3 is 10.2 Å². The average Bonchev–Trinajstić information content (AvgIpc) is 2.57. The van der Waals surface area contributed by atoms with Crippen LogP contribution in [0.3, 0.4) is 0 Å². The Kier molecular flexibility index (Phi) is 3.49. The Bertz CT molecular complexity index is 759. The molecule has 0 bridgehead atoms. The zero-order valence-corrected chi connectivity index (χ0v) is 12.9. The predicted octanol–water partition coefficient (Wildman–Crippen LogP) is 3.58. The van der Waals surface area contributed by atoms with Crippen molar-refractivity contribution in [2.75, 3.05) is 19.8 Å². The maximum Gasteiger partial charge on any atom is 0.165 e. The van der Waals surface area contributed by atoms with E-state index >= 15 is 0 Å². The molecular formula is C19H20FNO2. The fourth-order valence-corrected chi connectivity index (χ4v) is 4.11. The van der Waals surface area contributed by atoms with Crippen molar-refractivity contribution in [1.82, 2.24) is 4.90 Å². The number of benzene rings is 2. The van der Waals surface area contributed by atoms with Crippen LogP contribution < -0.4 is 0 Å². The van der Waals surface area contributed by atoms with E-state index in [1.165, 1.54) is 11.1 Å². The first-order valence-corrected chi connectivity index (χ1v) is 8.16. The molecule has 0 spiro atoms. The van der Waals surface area contributed by atoms with Gasteiger partial charge in [0.25, 0.3) is 0 Å². The maximum atomic E-state index is 12.6. The molecule has 0 aromatic heterocycles. The van der Waals surface area contributed by atoms with Crippen LogP contribution >= 0.6 is 0 Å². The number of aromatic hydroxyl groups is 2. The summed E-state index contributed by atoms with van der Waals surface area (Å²) in [6.07, 6.45) is 2.29. The Morgan fingerprint density at radius 1 is 1.13 bits per heavy atom. The van der Waals surface area contributed by atoms with E-state index in [1.807, 2.05) is 18.2 Å². The summed E-state index contributed by atoms with van der Waals surface area (Å²) >= 11 is 0. The third kappa shape index (κ3) is 2.20. The molecule has 0 fully saturated rings. The van der Waals surface area contributed by atoms with Gasteiger partial charge in [0, 0.05) is 24.7 Å². The van der Waals surface area contributed by atoms with Crippen molar-refractivity contribution in [2.45, 2.75) is 25.3 Å². The van der Waals surface area contributed by atoms with Gasteiger partial charge >= 0.3 is 0 Å². The summed E-state index contributed by atoms with van der Waals surface area (Å²) in [5.74, 6) is -0.111. The molecule has 1 atom stereocenters. The molecule has 3 nitrogen and oxygen atoms in total. The summed E-state index contributed by atoms with van der Waals surface area (Å²) < 4.78 is 12.6. The number of rotatable bonds is 3. The zero-order chi connectivity index (χ0) is 16.0. The van der Waals surface area contributed by atoms with Crippen LogP contribution in [0.15, 0.2) is 30.3 Å². The number of halogens is 1. The minimum Gasteiger partial charge on any atom is -0.504 e. The van der Waals surface area contributed by atoms with Crippen LogP contribution in [-0.4, -0.2) is 34.9 Å². The topological polar surface area (TPSA) is 43.7 Å². The normalized spacial score (nSPS) is 19.3. The molecule has 1 aliphatic carbocycles. The van der Waals surface area contributed by atoms with Crippen LogP contribution in [0.2, 0.25) is 0 Å². The van der Waals surface area contributed by atoms with Crippen molar-refractivity contribution in [3.8, 4) is 22.6 Å². The molecule has 2 aliphatic rings. The highest BCUT2D eigenvalue weighted by molar-refractivity contribution is 5.82. The first-order valence-electron chi connectivity index (χ1n) is 8.16. The molecule has 0 radical (unpaired) electrons. The molecule has 1 unspecified atom stereocenters. The number of hydrogen-bond acceptors (Lipinski definition) is 3. The Morgan fingerprint density at radius 3 is 2.83 bits per heavy atom. The van der Waals surface area contributed by atoms with Gasteiger partial charge in [-0.15, -0.1) is 0 Å². The summed E-state index contributed by atoms with van der Waals surface area (Å²) in [6, 6.07) is 9.85. The van der Waals surface area contributed by atoms with E-state index in [1.54, 1.807) is 6.07 Å². The summed E-state index contributed by atoms with van der Waals surface area (Å²) in [4.78, 5) is 2.36. The third-order valence-corrected chi connectivity index (χ3v) is 5.14. The van der Waals surface area contributed by atoms with E-state index in [0.29, 0.717) is 6.42 Å². The number of phenolic OH excluding ortho intramolecular Hbond substituents is 2. The van der Waals surface area contributed by atoms with Crippen LogP contribution in [-0.2, 0) is 12.8 Å². The highest BCUT2D eigenvalue weighted by Gasteiger charge is 2.35. The number of phenols is 2. The predicted molar refractivity (Wildman–Crippen MR) is 87.5 cm³/mol. The minimum absolute atomic E-state index is 0.0322. The average molecular weight is 313 g/mol. The lowest BCUT2D eigenvalue weighted by molar-refractivity contribution is 0.175. The lowest BCUT2D eigenvalue weighted by atomic mass is 9.76. The second-order valence-corrected chi connectivity index (χ2v) is 6.39. The van der Waals surface area contributed by atoms with Gasteiger partial charge in [0.1, 0.15) is 0 Å². The first-order chi connectivity index (χ1) is 11.2. The van der Waals surface area contributed by atoms with E-state index < -0.39 is 0 Å². The molecule has 1 heterocycles. The Balaban J connectivity index is 1.87. The number of fused-ring (bicyclic) bond motifs is 2. The van der Waals surface area contributed by atoms with Gasteiger partial charge in [-0.1, -0.05) is 24.3 Å². The molecule has 2 aromatic rings. The third-order valence-electron chi connectivity index (χ3n) is 5.14. The summed E-state index contributed by atoms with van der Waals surface area (Å²) in [5.41, 5.74) is 5.35. The second-order valence-electron chi connectivity index (χ2n) is 6.39. The fourth-order valence-electron chi connectivity index (χ4n) is 4.11. The van der Waals surface area contributed by atoms with Crippen LogP contribution in [0.4, 0.5) is 4.39 Å². The zero-order valence-electron chi connectivity index (χ0n) is 12.9. The van der Waals surface area contributed by atoms with Crippen LogP contribution in [0.25, 0.3) is 11.1 Å². The summed E-state index contributed by atoms with van der Waals surface area (Å²) in [7, 11) is 0. The molecule has 4 heteroatoms. The van der Waals surface area contributed by atoms with Crippen molar-refractivity contribution in [1.29, 1.82) is 0 Å². The first kappa shape index (κ1) is 14.5. The van der Waals surface area contributed by atoms with E-state index in [-0.39, 0.29) is 24.2 Å². The lowest BCUT2D eigenvalue weighted by Crippen LogP contribution is -2.39. The van der Waals surface area contributed by atoms with Crippen molar-refractivity contribution in [3.05, 3.63) is 47.0 Å². The number of alkyl halides is 1. The quantitative estimate of drug-likeness (QED) is 0.851. The fraction of sp³-hybridized carbons (Fsp3) is 0.368. The molecule has 1 aliphatic heterocycles. The second kappa shape index (κ2) is 5.53. The molecule has 120 valence electrons. The number of hydrogen-bond donors (Lipinski definition) is 2. The Morgan fingerprint density at radius 2 is 2.00 bits per heavy atom. The van der Waals surface area contributed by atoms with Crippen molar-refractivity contribution >= 4 is 0 Å². The van der Waals surface area contributed by atoms with Crippen LogP contribution in [0, 0.1) is 0 Å². The molecule has 0 saturated heterocycles. The highest BCUT2D eigenvalue weighted by Crippen LogP contribution is 2.50. The van der Waals surface area contributed by atoms with Gasteiger partial charge in [-0.05, 0) is 47.6 Å². The SMILES string of the molecule is Oc1ccc2c(c1O)-c1cccc3c1C(C2)N(CCCF)CC3. The smallest absolute Gasteiger partial charge is 0.165 e. The maximum absolute atomic E-state index is 12.6. The molecule has 2 N–H and O–H groups in total. The summed E-state index contributed by atoms with van der Waals surface area (Å²) in [6.45, 7) is 1.41. The van der Waals surface area contributed by atoms with Crippen molar-refractivity contribution < 1.29 is 14.6 Å². The summed E-state index contributed by atoms with van der Waals surface area (Å²) in [5, 5.41) is 20.2. The van der Waals surface area contributed by atoms with Gasteiger partial charge in [0.2, 0.25) is 0 Å². The van der Waals surface area contributed by atoms with Crippen molar-refractivity contribution in [2.24, 2.45) is 0 Å². The van der Waals surface area contributed by atoms with E-state index in [2.05, 4.69) is 11.0 Å². The molecule has 0 saturated carbocycles. The van der Waals surface area contributed by atoms with Gasteiger partial charge in [0.05, 0.1) is 6.67 Å².